The van der Waals surface area contributed by atoms with Gasteiger partial charge in [0.05, 0.1) is 4.92 Å². The van der Waals surface area contributed by atoms with Gasteiger partial charge in [-0.05, 0) is 31.1 Å². The molecule has 0 radical (unpaired) electrons. The topological polar surface area (TPSA) is 84.2 Å². The van der Waals surface area contributed by atoms with Crippen LogP contribution in [0.15, 0.2) is 6.33 Å². The van der Waals surface area contributed by atoms with E-state index in [1.165, 1.54) is 32.0 Å². The first kappa shape index (κ1) is 14.0. The van der Waals surface area contributed by atoms with Gasteiger partial charge in [0.1, 0.15) is 6.33 Å². The van der Waals surface area contributed by atoms with Crippen molar-refractivity contribution in [3.63, 3.8) is 0 Å². The van der Waals surface area contributed by atoms with Gasteiger partial charge in [0.25, 0.3) is 0 Å². The normalized spacial score (nSPS) is 20.7. The number of nitrogens with one attached hydrogen (secondary N) is 1. The molecule has 1 spiro atoms. The first-order valence-corrected chi connectivity index (χ1v) is 7.57. The first-order chi connectivity index (χ1) is 10.2. The molecule has 1 aliphatic heterocycles. The van der Waals surface area contributed by atoms with E-state index in [0.717, 1.165) is 25.9 Å². The summed E-state index contributed by atoms with van der Waals surface area (Å²) in [6.45, 7) is 1.70. The quantitative estimate of drug-likeness (QED) is 0.680. The number of hydrogen-bond donors (Lipinski definition) is 1. The van der Waals surface area contributed by atoms with Crippen LogP contribution in [-0.4, -0.2) is 35.0 Å². The Kier molecular flexibility index (Phi) is 3.65. The molecule has 2 fully saturated rings. The molecular weight excluding hydrogens is 270 g/mol. The number of nitro groups is 1. The Morgan fingerprint density at radius 3 is 2.48 bits per heavy atom. The van der Waals surface area contributed by atoms with Gasteiger partial charge in [0.2, 0.25) is 11.6 Å². The predicted octanol–water partition coefficient (Wildman–Crippen LogP) is 2.59. The lowest BCUT2D eigenvalue weighted by molar-refractivity contribution is -0.383. The highest BCUT2D eigenvalue weighted by atomic mass is 16.6. The Bertz CT molecular complexity index is 532. The van der Waals surface area contributed by atoms with E-state index in [1.54, 1.807) is 7.05 Å². The lowest BCUT2D eigenvalue weighted by atomic mass is 9.77. The van der Waals surface area contributed by atoms with Gasteiger partial charge < -0.3 is 10.2 Å². The summed E-state index contributed by atoms with van der Waals surface area (Å²) < 4.78 is 0. The third-order valence-electron chi connectivity index (χ3n) is 5.01. The smallest absolute Gasteiger partial charge is 0.353 e. The average molecular weight is 291 g/mol. The van der Waals surface area contributed by atoms with Crippen LogP contribution in [0.3, 0.4) is 0 Å². The summed E-state index contributed by atoms with van der Waals surface area (Å²) in [5.74, 6) is 0.735. The lowest BCUT2D eigenvalue weighted by Crippen LogP contribution is -2.39. The van der Waals surface area contributed by atoms with Crippen LogP contribution >= 0.6 is 0 Å². The van der Waals surface area contributed by atoms with Crippen LogP contribution in [0.1, 0.15) is 38.5 Å². The number of anilines is 2. The third kappa shape index (κ3) is 2.52. The van der Waals surface area contributed by atoms with Gasteiger partial charge in [-0.15, -0.1) is 0 Å². The van der Waals surface area contributed by atoms with Gasteiger partial charge in [0.15, 0.2) is 0 Å². The SMILES string of the molecule is CNc1ncnc(N2CCC3(CCCC3)CC2)c1[N+](=O)[O-]. The molecule has 1 N–H and O–H groups in total. The van der Waals surface area contributed by atoms with Crippen LogP contribution < -0.4 is 10.2 Å². The van der Waals surface area contributed by atoms with Crippen LogP contribution in [-0.2, 0) is 0 Å². The molecule has 0 atom stereocenters. The largest absolute Gasteiger partial charge is 0.367 e. The predicted molar refractivity (Wildman–Crippen MR) is 80.6 cm³/mol. The molecule has 1 saturated heterocycles. The second-order valence-corrected chi connectivity index (χ2v) is 6.10. The maximum absolute atomic E-state index is 11.4. The van der Waals surface area contributed by atoms with E-state index in [1.807, 2.05) is 4.90 Å². The number of nitrogens with zero attached hydrogens (tertiary/aromatic N) is 4. The maximum atomic E-state index is 11.4. The summed E-state index contributed by atoms with van der Waals surface area (Å²) in [4.78, 5) is 21.1. The highest BCUT2D eigenvalue weighted by molar-refractivity contribution is 5.70. The number of rotatable bonds is 3. The van der Waals surface area contributed by atoms with Crippen LogP contribution in [0, 0.1) is 15.5 Å². The van der Waals surface area contributed by atoms with E-state index in [2.05, 4.69) is 15.3 Å². The minimum atomic E-state index is -0.388. The number of aromatic nitrogens is 2. The Labute approximate surface area is 123 Å². The molecule has 1 saturated carbocycles. The summed E-state index contributed by atoms with van der Waals surface area (Å²) in [7, 11) is 1.64. The zero-order valence-electron chi connectivity index (χ0n) is 12.3. The van der Waals surface area contributed by atoms with Crippen molar-refractivity contribution in [2.24, 2.45) is 5.41 Å². The van der Waals surface area contributed by atoms with Crippen molar-refractivity contribution in [1.82, 2.24) is 9.97 Å². The first-order valence-electron chi connectivity index (χ1n) is 7.57. The second-order valence-electron chi connectivity index (χ2n) is 6.10. The maximum Gasteiger partial charge on any atom is 0.353 e. The van der Waals surface area contributed by atoms with E-state index in [-0.39, 0.29) is 16.4 Å². The van der Waals surface area contributed by atoms with Crippen molar-refractivity contribution < 1.29 is 4.92 Å². The lowest BCUT2D eigenvalue weighted by Gasteiger charge is -2.39. The molecule has 7 nitrogen and oxygen atoms in total. The molecule has 3 rings (SSSR count). The van der Waals surface area contributed by atoms with Gasteiger partial charge in [0, 0.05) is 20.1 Å². The van der Waals surface area contributed by atoms with Crippen molar-refractivity contribution in [2.75, 3.05) is 30.4 Å². The molecule has 1 aromatic heterocycles. The molecule has 0 unspecified atom stereocenters. The van der Waals surface area contributed by atoms with Gasteiger partial charge >= 0.3 is 5.69 Å². The summed E-state index contributed by atoms with van der Waals surface area (Å²) >= 11 is 0. The van der Waals surface area contributed by atoms with Gasteiger partial charge in [-0.25, -0.2) is 9.97 Å². The van der Waals surface area contributed by atoms with Gasteiger partial charge in [-0.1, -0.05) is 12.8 Å². The zero-order chi connectivity index (χ0) is 14.9. The van der Waals surface area contributed by atoms with Crippen molar-refractivity contribution in [1.29, 1.82) is 0 Å². The zero-order valence-corrected chi connectivity index (χ0v) is 12.3. The fraction of sp³-hybridized carbons (Fsp3) is 0.714. The fourth-order valence-corrected chi connectivity index (χ4v) is 3.77. The molecule has 0 bridgehead atoms. The molecular formula is C14H21N5O2. The molecule has 2 aliphatic rings. The van der Waals surface area contributed by atoms with Crippen molar-refractivity contribution in [2.45, 2.75) is 38.5 Å². The van der Waals surface area contributed by atoms with Crippen LogP contribution in [0.5, 0.6) is 0 Å². The minimum Gasteiger partial charge on any atom is -0.367 e. The molecule has 114 valence electrons. The Hall–Kier alpha value is -1.92. The van der Waals surface area contributed by atoms with Crippen LogP contribution in [0.25, 0.3) is 0 Å². The van der Waals surface area contributed by atoms with E-state index < -0.39 is 0 Å². The van der Waals surface area contributed by atoms with E-state index >= 15 is 0 Å². The summed E-state index contributed by atoms with van der Waals surface area (Å²) in [6.07, 6.45) is 8.91. The van der Waals surface area contributed by atoms with Crippen LogP contribution in [0.4, 0.5) is 17.3 Å². The summed E-state index contributed by atoms with van der Waals surface area (Å²) in [5, 5.41) is 14.1. The highest BCUT2D eigenvalue weighted by Crippen LogP contribution is 2.47. The van der Waals surface area contributed by atoms with E-state index in [4.69, 9.17) is 0 Å². The molecule has 0 amide bonds. The Morgan fingerprint density at radius 2 is 1.90 bits per heavy atom. The molecule has 1 aromatic rings. The molecule has 21 heavy (non-hydrogen) atoms. The van der Waals surface area contributed by atoms with Crippen molar-refractivity contribution in [3.05, 3.63) is 16.4 Å². The third-order valence-corrected chi connectivity index (χ3v) is 5.01. The molecule has 0 aromatic carbocycles. The molecule has 1 aliphatic carbocycles. The van der Waals surface area contributed by atoms with Crippen LogP contribution in [0.2, 0.25) is 0 Å². The number of piperidine rings is 1. The van der Waals surface area contributed by atoms with Crippen molar-refractivity contribution in [3.8, 4) is 0 Å². The number of hydrogen-bond acceptors (Lipinski definition) is 6. The second kappa shape index (κ2) is 5.46. The Morgan fingerprint density at radius 1 is 1.24 bits per heavy atom. The van der Waals surface area contributed by atoms with E-state index in [0.29, 0.717) is 11.2 Å². The van der Waals surface area contributed by atoms with Gasteiger partial charge in [-0.2, -0.15) is 0 Å². The summed E-state index contributed by atoms with van der Waals surface area (Å²) in [5.41, 5.74) is 0.479. The fourth-order valence-electron chi connectivity index (χ4n) is 3.77. The average Bonchev–Trinajstić information content (AvgIpc) is 2.95. The standard InChI is InChI=1S/C14H21N5O2/c1-15-12-11(19(20)21)13(17-10-16-12)18-8-6-14(7-9-18)4-2-3-5-14/h10H,2-9H2,1H3,(H,15,16,17). The van der Waals surface area contributed by atoms with Crippen molar-refractivity contribution >= 4 is 17.3 Å². The summed E-state index contributed by atoms with van der Waals surface area (Å²) in [6, 6.07) is 0. The molecule has 2 heterocycles. The minimum absolute atomic E-state index is 0.0117. The molecule has 7 heteroatoms. The van der Waals surface area contributed by atoms with E-state index in [9.17, 15) is 10.1 Å². The Balaban J connectivity index is 1.83. The highest BCUT2D eigenvalue weighted by Gasteiger charge is 2.38. The van der Waals surface area contributed by atoms with Gasteiger partial charge in [-0.3, -0.25) is 10.1 Å². The monoisotopic (exact) mass is 291 g/mol.